The van der Waals surface area contributed by atoms with Crippen molar-refractivity contribution in [1.29, 1.82) is 0 Å². The van der Waals surface area contributed by atoms with Crippen LogP contribution in [0.2, 0.25) is 0 Å². The molecule has 0 radical (unpaired) electrons. The topological polar surface area (TPSA) is 29.5 Å². The zero-order valence-electron chi connectivity index (χ0n) is 9.78. The summed E-state index contributed by atoms with van der Waals surface area (Å²) < 4.78 is 44.0. The zero-order chi connectivity index (χ0) is 13.2. The van der Waals surface area contributed by atoms with Gasteiger partial charge in [0.05, 0.1) is 6.61 Å². The van der Waals surface area contributed by atoms with Crippen LogP contribution in [0.3, 0.4) is 0 Å². The second kappa shape index (κ2) is 4.90. The van der Waals surface area contributed by atoms with E-state index < -0.39 is 11.8 Å². The Hall–Kier alpha value is -1.07. The summed E-state index contributed by atoms with van der Waals surface area (Å²) in [5.41, 5.74) is -1.36. The fourth-order valence-corrected chi connectivity index (χ4v) is 2.23. The Labute approximate surface area is 103 Å². The molecule has 0 aliphatic heterocycles. The van der Waals surface area contributed by atoms with E-state index in [1.165, 1.54) is 0 Å². The van der Waals surface area contributed by atoms with Gasteiger partial charge < -0.3 is 9.84 Å². The highest BCUT2D eigenvalue weighted by Gasteiger charge is 2.63. The maximum absolute atomic E-state index is 13.0. The molecule has 1 N–H and O–H groups in total. The van der Waals surface area contributed by atoms with Gasteiger partial charge in [-0.1, -0.05) is 30.3 Å². The summed E-state index contributed by atoms with van der Waals surface area (Å²) in [5.74, 6) is -0.303. The molecule has 1 aromatic carbocycles. The summed E-state index contributed by atoms with van der Waals surface area (Å²) >= 11 is 0. The monoisotopic (exact) mass is 260 g/mol. The van der Waals surface area contributed by atoms with Crippen LogP contribution in [0.25, 0.3) is 0 Å². The molecule has 0 unspecified atom stereocenters. The van der Waals surface area contributed by atoms with Crippen molar-refractivity contribution in [2.24, 2.45) is 5.92 Å². The number of hydrogen-bond donors (Lipinski definition) is 1. The lowest BCUT2D eigenvalue weighted by Crippen LogP contribution is -2.57. The number of ether oxygens (including phenoxy) is 1. The van der Waals surface area contributed by atoms with Crippen molar-refractivity contribution in [3.8, 4) is 0 Å². The average Bonchev–Trinajstić information content (AvgIpc) is 2.27. The largest absolute Gasteiger partial charge is 0.417 e. The number of hydrogen-bond acceptors (Lipinski definition) is 2. The molecule has 1 aliphatic rings. The van der Waals surface area contributed by atoms with E-state index in [2.05, 4.69) is 0 Å². The molecular formula is C13H15F3O2. The molecule has 1 aliphatic carbocycles. The third-order valence-corrected chi connectivity index (χ3v) is 3.37. The number of benzene rings is 1. The number of rotatable bonds is 4. The Kier molecular flexibility index (Phi) is 3.64. The van der Waals surface area contributed by atoms with E-state index in [-0.39, 0.29) is 32.0 Å². The molecule has 2 rings (SSSR count). The lowest BCUT2D eigenvalue weighted by atomic mass is 9.70. The van der Waals surface area contributed by atoms with Crippen LogP contribution in [0.1, 0.15) is 18.4 Å². The highest BCUT2D eigenvalue weighted by atomic mass is 19.4. The predicted molar refractivity (Wildman–Crippen MR) is 59.8 cm³/mol. The molecule has 2 nitrogen and oxygen atoms in total. The standard InChI is InChI=1S/C13H15F3O2/c14-13(15,16)12(6-11(7-12)8-17)18-9-10-4-2-1-3-5-10/h1-5,11,17H,6-9H2. The minimum Gasteiger partial charge on any atom is -0.396 e. The lowest BCUT2D eigenvalue weighted by molar-refractivity contribution is -0.322. The maximum Gasteiger partial charge on any atom is 0.417 e. The van der Waals surface area contributed by atoms with E-state index >= 15 is 0 Å². The van der Waals surface area contributed by atoms with E-state index in [0.717, 1.165) is 0 Å². The van der Waals surface area contributed by atoms with Crippen LogP contribution in [0.5, 0.6) is 0 Å². The fourth-order valence-electron chi connectivity index (χ4n) is 2.23. The van der Waals surface area contributed by atoms with E-state index in [9.17, 15) is 13.2 Å². The zero-order valence-corrected chi connectivity index (χ0v) is 9.78. The van der Waals surface area contributed by atoms with Crippen molar-refractivity contribution < 1.29 is 23.0 Å². The molecule has 5 heteroatoms. The van der Waals surface area contributed by atoms with Crippen LogP contribution < -0.4 is 0 Å². The van der Waals surface area contributed by atoms with Gasteiger partial charge in [-0.05, 0) is 24.3 Å². The molecule has 0 amide bonds. The minimum absolute atomic E-state index is 0.0570. The van der Waals surface area contributed by atoms with Gasteiger partial charge in [0.25, 0.3) is 0 Å². The van der Waals surface area contributed by atoms with Crippen molar-refractivity contribution in [3.63, 3.8) is 0 Å². The van der Waals surface area contributed by atoms with Gasteiger partial charge >= 0.3 is 6.18 Å². The second-order valence-electron chi connectivity index (χ2n) is 4.72. The average molecular weight is 260 g/mol. The molecule has 1 aromatic rings. The highest BCUT2D eigenvalue weighted by molar-refractivity contribution is 5.14. The summed E-state index contributed by atoms with van der Waals surface area (Å²) in [4.78, 5) is 0. The molecular weight excluding hydrogens is 245 g/mol. The number of halogens is 3. The molecule has 0 bridgehead atoms. The normalized spacial score (nSPS) is 27.9. The Morgan fingerprint density at radius 3 is 2.33 bits per heavy atom. The van der Waals surface area contributed by atoms with Crippen LogP contribution in [0.15, 0.2) is 30.3 Å². The quantitative estimate of drug-likeness (QED) is 0.902. The Bertz CT molecular complexity index is 383. The van der Waals surface area contributed by atoms with Gasteiger partial charge in [-0.15, -0.1) is 0 Å². The van der Waals surface area contributed by atoms with Crippen LogP contribution in [0, 0.1) is 5.92 Å². The number of aliphatic hydroxyl groups is 1. The first-order chi connectivity index (χ1) is 8.47. The van der Waals surface area contributed by atoms with Gasteiger partial charge in [-0.3, -0.25) is 0 Å². The SMILES string of the molecule is OCC1CC(OCc2ccccc2)(C(F)(F)F)C1. The summed E-state index contributed by atoms with van der Waals surface area (Å²) in [5, 5.41) is 8.85. The van der Waals surface area contributed by atoms with Crippen LogP contribution in [0.4, 0.5) is 13.2 Å². The van der Waals surface area contributed by atoms with Gasteiger partial charge in [0.1, 0.15) is 0 Å². The van der Waals surface area contributed by atoms with Crippen molar-refractivity contribution >= 4 is 0 Å². The summed E-state index contributed by atoms with van der Waals surface area (Å²) in [7, 11) is 0. The molecule has 1 saturated carbocycles. The molecule has 0 atom stereocenters. The van der Waals surface area contributed by atoms with Crippen LogP contribution in [-0.4, -0.2) is 23.5 Å². The lowest BCUT2D eigenvalue weighted by Gasteiger charge is -2.47. The molecule has 1 fully saturated rings. The Balaban J connectivity index is 2.00. The predicted octanol–water partition coefficient (Wildman–Crippen LogP) is 2.91. The van der Waals surface area contributed by atoms with Gasteiger partial charge in [0.15, 0.2) is 5.60 Å². The smallest absolute Gasteiger partial charge is 0.396 e. The Morgan fingerprint density at radius 1 is 1.22 bits per heavy atom. The molecule has 0 heterocycles. The van der Waals surface area contributed by atoms with Crippen molar-refractivity contribution in [2.75, 3.05) is 6.61 Å². The van der Waals surface area contributed by atoms with E-state index in [1.54, 1.807) is 30.3 Å². The van der Waals surface area contributed by atoms with Crippen LogP contribution >= 0.6 is 0 Å². The highest BCUT2D eigenvalue weighted by Crippen LogP contribution is 2.51. The molecule has 0 aromatic heterocycles. The van der Waals surface area contributed by atoms with Crippen molar-refractivity contribution in [2.45, 2.75) is 31.2 Å². The Morgan fingerprint density at radius 2 is 1.83 bits per heavy atom. The van der Waals surface area contributed by atoms with Gasteiger partial charge in [-0.25, -0.2) is 0 Å². The third kappa shape index (κ3) is 2.52. The molecule has 0 spiro atoms. The first-order valence-electron chi connectivity index (χ1n) is 5.82. The first-order valence-corrected chi connectivity index (χ1v) is 5.82. The molecule has 18 heavy (non-hydrogen) atoms. The van der Waals surface area contributed by atoms with Crippen molar-refractivity contribution in [1.82, 2.24) is 0 Å². The first kappa shape index (κ1) is 13.4. The third-order valence-electron chi connectivity index (χ3n) is 3.37. The summed E-state index contributed by atoms with van der Waals surface area (Å²) in [6, 6.07) is 8.78. The summed E-state index contributed by atoms with van der Waals surface area (Å²) in [6.45, 7) is -0.273. The molecule has 0 saturated heterocycles. The van der Waals surface area contributed by atoms with Crippen molar-refractivity contribution in [3.05, 3.63) is 35.9 Å². The number of aliphatic hydroxyl groups excluding tert-OH is 1. The number of alkyl halides is 3. The second-order valence-corrected chi connectivity index (χ2v) is 4.72. The minimum atomic E-state index is -4.38. The van der Waals surface area contributed by atoms with Gasteiger partial charge in [0.2, 0.25) is 0 Å². The van der Waals surface area contributed by atoms with E-state index in [0.29, 0.717) is 5.56 Å². The van der Waals surface area contributed by atoms with Gasteiger partial charge in [0, 0.05) is 6.61 Å². The van der Waals surface area contributed by atoms with E-state index in [1.807, 2.05) is 0 Å². The fraction of sp³-hybridized carbons (Fsp3) is 0.538. The maximum atomic E-state index is 13.0. The summed E-state index contributed by atoms with van der Waals surface area (Å²) in [6.07, 6.45) is -4.69. The van der Waals surface area contributed by atoms with Gasteiger partial charge in [-0.2, -0.15) is 13.2 Å². The molecule has 100 valence electrons. The van der Waals surface area contributed by atoms with Crippen LogP contribution in [-0.2, 0) is 11.3 Å². The van der Waals surface area contributed by atoms with E-state index in [4.69, 9.17) is 9.84 Å².